The van der Waals surface area contributed by atoms with Crippen molar-refractivity contribution in [3.8, 4) is 11.1 Å². The maximum absolute atomic E-state index is 4.46. The van der Waals surface area contributed by atoms with Crippen molar-refractivity contribution >= 4 is 43.6 Å². The Kier molecular flexibility index (Phi) is 4.46. The molecule has 7 rings (SSSR count). The van der Waals surface area contributed by atoms with Crippen LogP contribution in [0.1, 0.15) is 12.7 Å². The number of fused-ring (bicyclic) bond motifs is 6. The Labute approximate surface area is 203 Å². The van der Waals surface area contributed by atoms with Crippen LogP contribution in [0, 0.1) is 0 Å². The highest BCUT2D eigenvalue weighted by molar-refractivity contribution is 6.11. The minimum atomic E-state index is 0.646. The lowest BCUT2D eigenvalue weighted by Gasteiger charge is -2.08. The third-order valence-electron chi connectivity index (χ3n) is 7.11. The predicted molar refractivity (Wildman–Crippen MR) is 145 cm³/mol. The normalized spacial score (nSPS) is 11.8. The molecule has 0 amide bonds. The summed E-state index contributed by atoms with van der Waals surface area (Å²) in [5, 5.41) is 5.13. The number of nitrogens with zero attached hydrogens (tertiary/aromatic N) is 4. The van der Waals surface area contributed by atoms with Gasteiger partial charge >= 0.3 is 0 Å². The number of aromatic nitrogens is 4. The Morgan fingerprint density at radius 1 is 0.543 bits per heavy atom. The fraction of sp³-hybridized carbons (Fsp3) is 0.0968. The lowest BCUT2D eigenvalue weighted by atomic mass is 10.0. The minimum Gasteiger partial charge on any atom is -0.341 e. The quantitative estimate of drug-likeness (QED) is 0.278. The van der Waals surface area contributed by atoms with Crippen molar-refractivity contribution in [3.05, 3.63) is 109 Å². The van der Waals surface area contributed by atoms with Crippen LogP contribution in [0.15, 0.2) is 103 Å². The molecule has 0 saturated heterocycles. The number of hydrogen-bond donors (Lipinski definition) is 0. The second-order valence-corrected chi connectivity index (χ2v) is 8.99. The second kappa shape index (κ2) is 7.81. The molecule has 4 heteroatoms. The molecule has 4 aromatic carbocycles. The first-order chi connectivity index (χ1) is 17.3. The maximum Gasteiger partial charge on any atom is 0.147 e. The van der Waals surface area contributed by atoms with Crippen LogP contribution in [-0.2, 0) is 13.1 Å². The molecule has 0 saturated carbocycles. The van der Waals surface area contributed by atoms with Crippen molar-refractivity contribution in [3.63, 3.8) is 0 Å². The first kappa shape index (κ1) is 20.0. The van der Waals surface area contributed by atoms with Crippen molar-refractivity contribution < 1.29 is 0 Å². The molecule has 0 radical (unpaired) electrons. The molecule has 4 nitrogen and oxygen atoms in total. The summed E-state index contributed by atoms with van der Waals surface area (Å²) in [5.41, 5.74) is 7.45. The SMILES string of the molecule is CCn1c2ccccc2c2cc(-c3ccc4c(c3)c3ccccc3n4Cc3ncccn3)ccc21. The van der Waals surface area contributed by atoms with Gasteiger partial charge < -0.3 is 9.13 Å². The molecule has 0 aliphatic carbocycles. The zero-order chi connectivity index (χ0) is 23.4. The van der Waals surface area contributed by atoms with Crippen molar-refractivity contribution in [2.75, 3.05) is 0 Å². The van der Waals surface area contributed by atoms with Crippen LogP contribution in [0.2, 0.25) is 0 Å². The van der Waals surface area contributed by atoms with Crippen LogP contribution in [0.3, 0.4) is 0 Å². The number of aryl methyl sites for hydroxylation is 1. The Morgan fingerprint density at radius 3 is 1.66 bits per heavy atom. The molecule has 0 spiro atoms. The van der Waals surface area contributed by atoms with Gasteiger partial charge in [0.25, 0.3) is 0 Å². The molecule has 0 unspecified atom stereocenters. The maximum atomic E-state index is 4.46. The molecule has 35 heavy (non-hydrogen) atoms. The highest BCUT2D eigenvalue weighted by Crippen LogP contribution is 2.36. The molecule has 0 bridgehead atoms. The number of para-hydroxylation sites is 2. The Morgan fingerprint density at radius 2 is 1.06 bits per heavy atom. The van der Waals surface area contributed by atoms with Crippen molar-refractivity contribution in [1.82, 2.24) is 19.1 Å². The minimum absolute atomic E-state index is 0.646. The van der Waals surface area contributed by atoms with E-state index in [2.05, 4.69) is 111 Å². The van der Waals surface area contributed by atoms with Gasteiger partial charge in [-0.3, -0.25) is 0 Å². The third-order valence-corrected chi connectivity index (χ3v) is 7.11. The number of rotatable bonds is 4. The standard InChI is InChI=1S/C31H24N4/c1-2-34-27-10-5-3-8-23(27)25-18-21(12-14-29(25)34)22-13-15-30-26(19-22)24-9-4-6-11-28(24)35(30)20-31-32-16-7-17-33-31/h3-19H,2,20H2,1H3. The summed E-state index contributed by atoms with van der Waals surface area (Å²) in [5.74, 6) is 0.817. The van der Waals surface area contributed by atoms with E-state index in [1.165, 1.54) is 54.7 Å². The molecule has 0 aliphatic heterocycles. The van der Waals surface area contributed by atoms with E-state index < -0.39 is 0 Å². The number of benzene rings is 4. The van der Waals surface area contributed by atoms with Gasteiger partial charge in [0.15, 0.2) is 0 Å². The molecule has 7 aromatic rings. The van der Waals surface area contributed by atoms with Gasteiger partial charge in [0.05, 0.1) is 6.54 Å². The molecule has 0 N–H and O–H groups in total. The van der Waals surface area contributed by atoms with Gasteiger partial charge in [-0.25, -0.2) is 9.97 Å². The summed E-state index contributed by atoms with van der Waals surface area (Å²) >= 11 is 0. The fourth-order valence-electron chi connectivity index (χ4n) is 5.53. The second-order valence-electron chi connectivity index (χ2n) is 8.99. The van der Waals surface area contributed by atoms with Crippen LogP contribution in [-0.4, -0.2) is 19.1 Å². The topological polar surface area (TPSA) is 35.6 Å². The van der Waals surface area contributed by atoms with Gasteiger partial charge in [-0.2, -0.15) is 0 Å². The first-order valence-corrected chi connectivity index (χ1v) is 12.1. The zero-order valence-corrected chi connectivity index (χ0v) is 19.5. The molecule has 0 fully saturated rings. The summed E-state index contributed by atoms with van der Waals surface area (Å²) in [6.07, 6.45) is 3.61. The first-order valence-electron chi connectivity index (χ1n) is 12.1. The van der Waals surface area contributed by atoms with E-state index in [0.29, 0.717) is 6.54 Å². The van der Waals surface area contributed by atoms with Gasteiger partial charge in [0.2, 0.25) is 0 Å². The van der Waals surface area contributed by atoms with E-state index in [1.54, 1.807) is 12.4 Å². The third kappa shape index (κ3) is 3.07. The molecule has 168 valence electrons. The van der Waals surface area contributed by atoms with Crippen LogP contribution in [0.25, 0.3) is 54.7 Å². The van der Waals surface area contributed by atoms with E-state index in [4.69, 9.17) is 0 Å². The summed E-state index contributed by atoms with van der Waals surface area (Å²) in [4.78, 5) is 8.92. The summed E-state index contributed by atoms with van der Waals surface area (Å²) in [6.45, 7) is 3.82. The molecule has 3 aromatic heterocycles. The average Bonchev–Trinajstić information content (AvgIpc) is 3.41. The molecule has 0 atom stereocenters. The van der Waals surface area contributed by atoms with Gasteiger partial charge in [0.1, 0.15) is 5.82 Å². The van der Waals surface area contributed by atoms with E-state index in [0.717, 1.165) is 12.4 Å². The summed E-state index contributed by atoms with van der Waals surface area (Å²) < 4.78 is 4.72. The van der Waals surface area contributed by atoms with Crippen LogP contribution >= 0.6 is 0 Å². The smallest absolute Gasteiger partial charge is 0.147 e. The molecular formula is C31H24N4. The Hall–Kier alpha value is -4.44. The predicted octanol–water partition coefficient (Wildman–Crippen LogP) is 7.43. The highest BCUT2D eigenvalue weighted by Gasteiger charge is 2.14. The molecule has 3 heterocycles. The molecular weight excluding hydrogens is 428 g/mol. The largest absolute Gasteiger partial charge is 0.341 e. The average molecular weight is 453 g/mol. The Bertz CT molecular complexity index is 1860. The lowest BCUT2D eigenvalue weighted by Crippen LogP contribution is -2.03. The van der Waals surface area contributed by atoms with Crippen LogP contribution in [0.5, 0.6) is 0 Å². The van der Waals surface area contributed by atoms with Gasteiger partial charge in [-0.1, -0.05) is 48.5 Å². The van der Waals surface area contributed by atoms with Gasteiger partial charge in [0, 0.05) is 62.6 Å². The highest BCUT2D eigenvalue weighted by atomic mass is 15.0. The van der Waals surface area contributed by atoms with Gasteiger partial charge in [-0.05, 0) is 60.5 Å². The van der Waals surface area contributed by atoms with Crippen LogP contribution in [0.4, 0.5) is 0 Å². The lowest BCUT2D eigenvalue weighted by molar-refractivity contribution is 0.793. The van der Waals surface area contributed by atoms with E-state index in [9.17, 15) is 0 Å². The number of hydrogen-bond acceptors (Lipinski definition) is 2. The molecule has 0 aliphatic rings. The summed E-state index contributed by atoms with van der Waals surface area (Å²) in [7, 11) is 0. The zero-order valence-electron chi connectivity index (χ0n) is 19.5. The van der Waals surface area contributed by atoms with Crippen molar-refractivity contribution in [2.45, 2.75) is 20.0 Å². The van der Waals surface area contributed by atoms with Crippen molar-refractivity contribution in [1.29, 1.82) is 0 Å². The van der Waals surface area contributed by atoms with E-state index >= 15 is 0 Å². The summed E-state index contributed by atoms with van der Waals surface area (Å²) in [6, 6.07) is 32.9. The fourth-order valence-corrected chi connectivity index (χ4v) is 5.53. The van der Waals surface area contributed by atoms with E-state index in [1.807, 2.05) is 6.07 Å². The Balaban J connectivity index is 1.42. The van der Waals surface area contributed by atoms with Crippen molar-refractivity contribution in [2.24, 2.45) is 0 Å². The van der Waals surface area contributed by atoms with E-state index in [-0.39, 0.29) is 0 Å². The van der Waals surface area contributed by atoms with Crippen LogP contribution < -0.4 is 0 Å². The van der Waals surface area contributed by atoms with Gasteiger partial charge in [-0.15, -0.1) is 0 Å². The monoisotopic (exact) mass is 452 g/mol.